The van der Waals surface area contributed by atoms with Crippen LogP contribution < -0.4 is 0 Å². The van der Waals surface area contributed by atoms with E-state index in [2.05, 4.69) is 27.9 Å². The highest BCUT2D eigenvalue weighted by Crippen LogP contribution is 2.32. The lowest BCUT2D eigenvalue weighted by Gasteiger charge is -1.98. The first-order valence-electron chi connectivity index (χ1n) is 1.39. The molecule has 0 aliphatic rings. The molecule has 0 atom stereocenters. The second kappa shape index (κ2) is 3.35. The third kappa shape index (κ3) is 3.32. The first kappa shape index (κ1) is 8.30. The van der Waals surface area contributed by atoms with Crippen LogP contribution in [0.25, 0.3) is 0 Å². The maximum atomic E-state index is 11.7. The van der Waals surface area contributed by atoms with Gasteiger partial charge in [0.2, 0.25) is 0 Å². The van der Waals surface area contributed by atoms with Gasteiger partial charge in [-0.25, -0.2) is 0 Å². The number of thiocarbonyl (C=S) groups is 1. The third-order valence-electron chi connectivity index (χ3n) is 0.269. The Labute approximate surface area is 58.6 Å². The van der Waals surface area contributed by atoms with E-state index in [-0.39, 0.29) is 11.0 Å². The molecule has 0 spiro atoms. The molecule has 0 aromatic carbocycles. The molecule has 0 amide bonds. The number of halogens is 3. The van der Waals surface area contributed by atoms with E-state index < -0.39 is 5.38 Å². The molecule has 0 saturated carbocycles. The van der Waals surface area contributed by atoms with Crippen LogP contribution in [0.3, 0.4) is 0 Å². The number of alkyl halides is 2. The van der Waals surface area contributed by atoms with Gasteiger partial charge in [0.25, 0.3) is 0 Å². The Morgan fingerprint density at radius 1 is 1.75 bits per heavy atom. The second-order valence-corrected chi connectivity index (χ2v) is 2.06. The molecular weight excluding hydrogens is 176 g/mol. The number of aliphatic imine (C=N–C) groups is 1. The zero-order valence-corrected chi connectivity index (χ0v) is 5.79. The lowest BCUT2D eigenvalue weighted by molar-refractivity contribution is 0.120. The van der Waals surface area contributed by atoms with Crippen LogP contribution in [0, 0.1) is 0 Å². The highest BCUT2D eigenvalue weighted by Gasteiger charge is 2.26. The molecule has 8 heavy (non-hydrogen) atoms. The SMILES string of the molecule is FC(F)(N=C=S)SCl. The highest BCUT2D eigenvalue weighted by atomic mass is 35.7. The Bertz CT molecular complexity index is 121. The number of nitrogens with zero attached hydrogens (tertiary/aromatic N) is 1. The van der Waals surface area contributed by atoms with E-state index in [0.717, 1.165) is 0 Å². The fraction of sp³-hybridized carbons (Fsp3) is 0.500. The van der Waals surface area contributed by atoms with E-state index in [4.69, 9.17) is 0 Å². The fourth-order valence-electron chi connectivity index (χ4n) is 0.0704. The first-order valence-corrected chi connectivity index (χ1v) is 3.44. The molecule has 6 heteroatoms. The Kier molecular flexibility index (Phi) is 3.48. The summed E-state index contributed by atoms with van der Waals surface area (Å²) in [7, 11) is 4.45. The van der Waals surface area contributed by atoms with Gasteiger partial charge in [0.05, 0.1) is 5.16 Å². The monoisotopic (exact) mass is 175 g/mol. The van der Waals surface area contributed by atoms with E-state index in [1.54, 1.807) is 0 Å². The van der Waals surface area contributed by atoms with Crippen molar-refractivity contribution in [2.24, 2.45) is 4.99 Å². The molecule has 1 nitrogen and oxygen atoms in total. The van der Waals surface area contributed by atoms with Crippen molar-refractivity contribution in [3.8, 4) is 0 Å². The molecule has 0 bridgehead atoms. The van der Waals surface area contributed by atoms with Crippen molar-refractivity contribution in [2.45, 2.75) is 5.38 Å². The van der Waals surface area contributed by atoms with Gasteiger partial charge in [-0.1, -0.05) is 0 Å². The average molecular weight is 176 g/mol. The van der Waals surface area contributed by atoms with E-state index in [1.807, 2.05) is 0 Å². The summed E-state index contributed by atoms with van der Waals surface area (Å²) in [5.41, 5.74) is 0. The van der Waals surface area contributed by atoms with Crippen LogP contribution in [-0.2, 0) is 0 Å². The quantitative estimate of drug-likeness (QED) is 0.363. The van der Waals surface area contributed by atoms with Crippen LogP contribution in [0.2, 0.25) is 0 Å². The van der Waals surface area contributed by atoms with Gasteiger partial charge in [0.1, 0.15) is 0 Å². The first-order chi connectivity index (χ1) is 3.62. The average Bonchev–Trinajstić information content (AvgIpc) is 1.67. The van der Waals surface area contributed by atoms with Crippen molar-refractivity contribution in [2.75, 3.05) is 0 Å². The summed E-state index contributed by atoms with van der Waals surface area (Å²) in [6.07, 6.45) is 0. The molecule has 0 unspecified atom stereocenters. The van der Waals surface area contributed by atoms with Crippen LogP contribution in [-0.4, -0.2) is 10.5 Å². The maximum Gasteiger partial charge on any atom is 0.415 e. The molecule has 0 aromatic heterocycles. The van der Waals surface area contributed by atoms with Gasteiger partial charge >= 0.3 is 5.38 Å². The highest BCUT2D eigenvalue weighted by molar-refractivity contribution is 8.21. The zero-order valence-electron chi connectivity index (χ0n) is 3.40. The second-order valence-electron chi connectivity index (χ2n) is 0.766. The zero-order chi connectivity index (χ0) is 6.62. The Hall–Kier alpha value is 0.300. The van der Waals surface area contributed by atoms with Gasteiger partial charge in [0, 0.05) is 11.0 Å². The predicted molar refractivity (Wildman–Crippen MR) is 33.4 cm³/mol. The summed E-state index contributed by atoms with van der Waals surface area (Å²) in [4.78, 5) is 2.44. The van der Waals surface area contributed by atoms with Gasteiger partial charge in [-0.15, -0.1) is 4.99 Å². The fourth-order valence-corrected chi connectivity index (χ4v) is 0.426. The van der Waals surface area contributed by atoms with Gasteiger partial charge < -0.3 is 0 Å². The minimum absolute atomic E-state index is 0.205. The number of hydrogen-bond acceptors (Lipinski definition) is 3. The van der Waals surface area contributed by atoms with E-state index in [0.29, 0.717) is 0 Å². The van der Waals surface area contributed by atoms with Crippen molar-refractivity contribution in [1.29, 1.82) is 0 Å². The molecule has 0 aliphatic carbocycles. The summed E-state index contributed by atoms with van der Waals surface area (Å²) in [5.74, 6) is 0. The molecular formula is C2ClF2NS2. The van der Waals surface area contributed by atoms with Crippen LogP contribution in [0.1, 0.15) is 0 Å². The lowest BCUT2D eigenvalue weighted by Crippen LogP contribution is -2.00. The van der Waals surface area contributed by atoms with Crippen LogP contribution in [0.15, 0.2) is 4.99 Å². The Morgan fingerprint density at radius 3 is 2.38 bits per heavy atom. The van der Waals surface area contributed by atoms with Crippen molar-refractivity contribution < 1.29 is 8.78 Å². The smallest absolute Gasteiger partial charge is 0.167 e. The van der Waals surface area contributed by atoms with Crippen molar-refractivity contribution in [3.63, 3.8) is 0 Å². The largest absolute Gasteiger partial charge is 0.415 e. The normalized spacial score (nSPS) is 10.4. The molecule has 0 radical (unpaired) electrons. The minimum Gasteiger partial charge on any atom is -0.167 e. The van der Waals surface area contributed by atoms with E-state index in [1.165, 1.54) is 5.16 Å². The molecule has 0 aliphatic heterocycles. The van der Waals surface area contributed by atoms with Gasteiger partial charge in [-0.05, 0) is 22.9 Å². The van der Waals surface area contributed by atoms with Crippen LogP contribution in [0.4, 0.5) is 8.78 Å². The summed E-state index contributed by atoms with van der Waals surface area (Å²) in [6.45, 7) is 0. The summed E-state index contributed by atoms with van der Waals surface area (Å²) >= 11 is 3.90. The van der Waals surface area contributed by atoms with Crippen molar-refractivity contribution in [1.82, 2.24) is 0 Å². The molecule has 0 fully saturated rings. The lowest BCUT2D eigenvalue weighted by atomic mass is 11.2. The van der Waals surface area contributed by atoms with Crippen molar-refractivity contribution in [3.05, 3.63) is 0 Å². The molecule has 46 valence electrons. The third-order valence-corrected chi connectivity index (χ3v) is 1.19. The topological polar surface area (TPSA) is 12.4 Å². The van der Waals surface area contributed by atoms with Crippen LogP contribution in [0.5, 0.6) is 0 Å². The number of rotatable bonds is 2. The van der Waals surface area contributed by atoms with Gasteiger partial charge in [-0.2, -0.15) is 8.78 Å². The minimum atomic E-state index is -3.32. The molecule has 0 rings (SSSR count). The van der Waals surface area contributed by atoms with Crippen molar-refractivity contribution >= 4 is 39.0 Å². The Balaban J connectivity index is 3.90. The number of hydrogen-bond donors (Lipinski definition) is 0. The van der Waals surface area contributed by atoms with Gasteiger partial charge in [0.15, 0.2) is 0 Å². The molecule has 0 saturated heterocycles. The summed E-state index contributed by atoms with van der Waals surface area (Å²) in [5, 5.41) is -1.80. The van der Waals surface area contributed by atoms with Gasteiger partial charge in [-0.3, -0.25) is 0 Å². The van der Waals surface area contributed by atoms with Crippen LogP contribution >= 0.6 is 33.9 Å². The Morgan fingerprint density at radius 2 is 2.25 bits per heavy atom. The summed E-state index contributed by atoms with van der Waals surface area (Å²) < 4.78 is 23.4. The number of isothiocyanates is 1. The predicted octanol–water partition coefficient (Wildman–Crippen LogP) is 2.53. The van der Waals surface area contributed by atoms with E-state index >= 15 is 0 Å². The summed E-state index contributed by atoms with van der Waals surface area (Å²) in [6, 6.07) is 0. The standard InChI is InChI=1S/C2ClF2NS2/c3-8-2(4,5)6-1-7. The van der Waals surface area contributed by atoms with E-state index in [9.17, 15) is 8.78 Å². The molecule has 0 aromatic rings. The maximum absolute atomic E-state index is 11.7. The molecule has 0 heterocycles. The molecule has 0 N–H and O–H groups in total.